The number of rotatable bonds is 7. The van der Waals surface area contributed by atoms with Crippen molar-refractivity contribution in [3.05, 3.63) is 17.6 Å². The highest BCUT2D eigenvalue weighted by atomic mass is 16.5. The maximum atomic E-state index is 5.25. The second kappa shape index (κ2) is 7.43. The Labute approximate surface area is 117 Å². The lowest BCUT2D eigenvalue weighted by Gasteiger charge is -2.28. The van der Waals surface area contributed by atoms with Crippen molar-refractivity contribution in [2.24, 2.45) is 5.92 Å². The minimum absolute atomic E-state index is 0.363. The molecule has 1 rings (SSSR count). The first-order chi connectivity index (χ1) is 8.99. The Bertz CT molecular complexity index is 393. The van der Waals surface area contributed by atoms with Crippen LogP contribution >= 0.6 is 0 Å². The van der Waals surface area contributed by atoms with Gasteiger partial charge in [0.05, 0.1) is 12.8 Å². The van der Waals surface area contributed by atoms with Crippen molar-refractivity contribution < 1.29 is 4.74 Å². The molecule has 0 aromatic carbocycles. The molecule has 0 aliphatic rings. The number of ether oxygens (including phenoxy) is 1. The highest BCUT2D eigenvalue weighted by Gasteiger charge is 2.24. The summed E-state index contributed by atoms with van der Waals surface area (Å²) in [5.41, 5.74) is 1.07. The summed E-state index contributed by atoms with van der Waals surface area (Å²) >= 11 is 0. The lowest BCUT2D eigenvalue weighted by molar-refractivity contribution is 0.362. The van der Waals surface area contributed by atoms with Gasteiger partial charge in [-0.05, 0) is 32.7 Å². The van der Waals surface area contributed by atoms with E-state index in [1.54, 1.807) is 7.11 Å². The minimum atomic E-state index is 0.363. The van der Waals surface area contributed by atoms with Crippen molar-refractivity contribution in [2.75, 3.05) is 13.7 Å². The summed E-state index contributed by atoms with van der Waals surface area (Å²) in [6.07, 6.45) is 1.14. The van der Waals surface area contributed by atoms with Crippen LogP contribution in [0.25, 0.3) is 0 Å². The number of hydrogen-bond acceptors (Lipinski definition) is 4. The molecule has 2 atom stereocenters. The molecular formula is C15H27N3O. The van der Waals surface area contributed by atoms with Crippen LogP contribution in [0.15, 0.2) is 6.07 Å². The molecule has 1 aromatic heterocycles. The number of hydrogen-bond donors (Lipinski definition) is 1. The summed E-state index contributed by atoms with van der Waals surface area (Å²) in [6.45, 7) is 11.8. The number of aryl methyl sites for hydroxylation is 1. The van der Waals surface area contributed by atoms with E-state index in [0.29, 0.717) is 23.8 Å². The molecular weight excluding hydrogens is 238 g/mol. The van der Waals surface area contributed by atoms with E-state index in [-0.39, 0.29) is 0 Å². The number of nitrogens with one attached hydrogen (secondary N) is 1. The van der Waals surface area contributed by atoms with E-state index in [1.807, 2.05) is 13.0 Å². The zero-order chi connectivity index (χ0) is 14.4. The Morgan fingerprint density at radius 1 is 1.26 bits per heavy atom. The summed E-state index contributed by atoms with van der Waals surface area (Å²) in [7, 11) is 1.65. The molecule has 4 nitrogen and oxygen atoms in total. The predicted octanol–water partition coefficient (Wildman–Crippen LogP) is 2.92. The van der Waals surface area contributed by atoms with Crippen molar-refractivity contribution in [3.63, 3.8) is 0 Å². The molecule has 1 aromatic rings. The maximum absolute atomic E-state index is 5.25. The molecule has 1 heterocycles. The lowest BCUT2D eigenvalue weighted by Crippen LogP contribution is -2.35. The third kappa shape index (κ3) is 4.46. The van der Waals surface area contributed by atoms with Gasteiger partial charge in [0, 0.05) is 18.0 Å². The number of methoxy groups -OCH3 is 1. The summed E-state index contributed by atoms with van der Waals surface area (Å²) in [4.78, 5) is 8.86. The average molecular weight is 265 g/mol. The van der Waals surface area contributed by atoms with E-state index in [0.717, 1.165) is 24.5 Å². The van der Waals surface area contributed by atoms with Crippen LogP contribution in [0.3, 0.4) is 0 Å². The molecule has 0 saturated carbocycles. The molecule has 0 aliphatic carbocycles. The fraction of sp³-hybridized carbons (Fsp3) is 0.733. The second-order valence-electron chi connectivity index (χ2n) is 5.39. The van der Waals surface area contributed by atoms with E-state index >= 15 is 0 Å². The molecule has 1 N–H and O–H groups in total. The largest absolute Gasteiger partial charge is 0.481 e. The molecule has 2 unspecified atom stereocenters. The first-order valence-corrected chi connectivity index (χ1v) is 7.12. The Hall–Kier alpha value is -1.16. The van der Waals surface area contributed by atoms with Gasteiger partial charge in [-0.15, -0.1) is 0 Å². The van der Waals surface area contributed by atoms with Gasteiger partial charge in [0.25, 0.3) is 0 Å². The van der Waals surface area contributed by atoms with E-state index < -0.39 is 0 Å². The Morgan fingerprint density at radius 3 is 2.47 bits per heavy atom. The molecule has 108 valence electrons. The zero-order valence-electron chi connectivity index (χ0n) is 13.0. The van der Waals surface area contributed by atoms with E-state index in [4.69, 9.17) is 4.74 Å². The molecule has 0 amide bonds. The Balaban J connectivity index is 3.01. The summed E-state index contributed by atoms with van der Waals surface area (Å²) in [5, 5.41) is 3.57. The highest BCUT2D eigenvalue weighted by Crippen LogP contribution is 2.28. The quantitative estimate of drug-likeness (QED) is 0.823. The van der Waals surface area contributed by atoms with Crippen LogP contribution in [-0.4, -0.2) is 29.7 Å². The van der Waals surface area contributed by atoms with Gasteiger partial charge in [0.1, 0.15) is 5.82 Å². The third-order valence-electron chi connectivity index (χ3n) is 3.36. The monoisotopic (exact) mass is 265 g/mol. The Morgan fingerprint density at radius 2 is 1.95 bits per heavy atom. The van der Waals surface area contributed by atoms with Gasteiger partial charge in [-0.2, -0.15) is 4.98 Å². The van der Waals surface area contributed by atoms with Crippen LogP contribution in [0, 0.1) is 12.8 Å². The summed E-state index contributed by atoms with van der Waals surface area (Å²) < 4.78 is 5.25. The van der Waals surface area contributed by atoms with Gasteiger partial charge in [0.15, 0.2) is 0 Å². The molecule has 0 spiro atoms. The van der Waals surface area contributed by atoms with Crippen LogP contribution in [0.1, 0.15) is 51.6 Å². The van der Waals surface area contributed by atoms with Crippen LogP contribution in [0.5, 0.6) is 5.88 Å². The zero-order valence-corrected chi connectivity index (χ0v) is 13.0. The van der Waals surface area contributed by atoms with Gasteiger partial charge in [-0.1, -0.05) is 20.8 Å². The molecule has 0 fully saturated rings. The fourth-order valence-electron chi connectivity index (χ4n) is 2.51. The first kappa shape index (κ1) is 15.9. The van der Waals surface area contributed by atoms with Gasteiger partial charge in [-0.3, -0.25) is 0 Å². The van der Waals surface area contributed by atoms with Crippen molar-refractivity contribution >= 4 is 0 Å². The van der Waals surface area contributed by atoms with E-state index in [1.165, 1.54) is 0 Å². The van der Waals surface area contributed by atoms with E-state index in [2.05, 4.69) is 43.0 Å². The molecule has 0 bridgehead atoms. The fourth-order valence-corrected chi connectivity index (χ4v) is 2.51. The number of nitrogens with zero attached hydrogens (tertiary/aromatic N) is 2. The third-order valence-corrected chi connectivity index (χ3v) is 3.36. The highest BCUT2D eigenvalue weighted by molar-refractivity contribution is 5.21. The van der Waals surface area contributed by atoms with Crippen LogP contribution in [0.2, 0.25) is 0 Å². The SMILES string of the molecule is CCCNC(C)C(c1cc(OC)nc(C)n1)C(C)C. The predicted molar refractivity (Wildman–Crippen MR) is 78.7 cm³/mol. The molecule has 19 heavy (non-hydrogen) atoms. The second-order valence-corrected chi connectivity index (χ2v) is 5.39. The summed E-state index contributed by atoms with van der Waals surface area (Å²) in [5.74, 6) is 2.29. The standard InChI is InChI=1S/C15H27N3O/c1-7-8-16-11(4)15(10(2)3)13-9-14(19-6)18-12(5)17-13/h9-11,15-16H,7-8H2,1-6H3. The van der Waals surface area contributed by atoms with Crippen molar-refractivity contribution in [1.29, 1.82) is 0 Å². The van der Waals surface area contributed by atoms with Gasteiger partial charge in [-0.25, -0.2) is 4.98 Å². The maximum Gasteiger partial charge on any atom is 0.216 e. The lowest BCUT2D eigenvalue weighted by atomic mass is 9.86. The molecule has 0 aliphatic heterocycles. The minimum Gasteiger partial charge on any atom is -0.481 e. The van der Waals surface area contributed by atoms with Crippen LogP contribution in [-0.2, 0) is 0 Å². The van der Waals surface area contributed by atoms with Crippen molar-refractivity contribution in [3.8, 4) is 5.88 Å². The van der Waals surface area contributed by atoms with E-state index in [9.17, 15) is 0 Å². The van der Waals surface area contributed by atoms with Crippen LogP contribution < -0.4 is 10.1 Å². The van der Waals surface area contributed by atoms with Gasteiger partial charge >= 0.3 is 0 Å². The average Bonchev–Trinajstić information content (AvgIpc) is 2.35. The topological polar surface area (TPSA) is 47.0 Å². The molecule has 0 radical (unpaired) electrons. The molecule has 0 saturated heterocycles. The van der Waals surface area contributed by atoms with Crippen molar-refractivity contribution in [1.82, 2.24) is 15.3 Å². The Kier molecular flexibility index (Phi) is 6.22. The normalized spacial score (nSPS) is 14.5. The smallest absolute Gasteiger partial charge is 0.216 e. The number of aromatic nitrogens is 2. The van der Waals surface area contributed by atoms with Crippen molar-refractivity contribution in [2.45, 2.75) is 53.0 Å². The van der Waals surface area contributed by atoms with Crippen LogP contribution in [0.4, 0.5) is 0 Å². The summed E-state index contributed by atoms with van der Waals surface area (Å²) in [6, 6.07) is 2.35. The first-order valence-electron chi connectivity index (χ1n) is 7.12. The van der Waals surface area contributed by atoms with Gasteiger partial charge < -0.3 is 10.1 Å². The van der Waals surface area contributed by atoms with Gasteiger partial charge in [0.2, 0.25) is 5.88 Å². The molecule has 4 heteroatoms.